The van der Waals surface area contributed by atoms with Crippen molar-refractivity contribution < 1.29 is 9.90 Å². The minimum atomic E-state index is -0.505. The summed E-state index contributed by atoms with van der Waals surface area (Å²) in [5.41, 5.74) is 7.01. The number of anilines is 1. The standard InChI is InChI=1S/C15H14Cl2N2O2/c16-11-6-10(7-12(18)14(11)17)15(21)19-13(8-20)9-4-2-1-3-5-9/h1-7,13,20H,8,18H2,(H,19,21)/t13-/m1/s1. The number of nitrogens with one attached hydrogen (secondary N) is 1. The zero-order valence-electron chi connectivity index (χ0n) is 11.0. The van der Waals surface area contributed by atoms with E-state index in [4.69, 9.17) is 28.9 Å². The number of carbonyl (C=O) groups excluding carboxylic acids is 1. The Morgan fingerprint density at radius 2 is 1.90 bits per heavy atom. The van der Waals surface area contributed by atoms with Gasteiger partial charge in [-0.05, 0) is 17.7 Å². The first-order chi connectivity index (χ1) is 10.0. The fourth-order valence-corrected chi connectivity index (χ4v) is 2.24. The average molecular weight is 325 g/mol. The van der Waals surface area contributed by atoms with Gasteiger partial charge in [0.1, 0.15) is 0 Å². The number of hydrogen-bond acceptors (Lipinski definition) is 3. The molecule has 4 nitrogen and oxygen atoms in total. The van der Waals surface area contributed by atoms with Gasteiger partial charge in [-0.25, -0.2) is 0 Å². The van der Waals surface area contributed by atoms with Crippen molar-refractivity contribution >= 4 is 34.8 Å². The fourth-order valence-electron chi connectivity index (χ4n) is 1.90. The second-order valence-electron chi connectivity index (χ2n) is 4.48. The van der Waals surface area contributed by atoms with E-state index in [1.54, 1.807) is 0 Å². The summed E-state index contributed by atoms with van der Waals surface area (Å²) in [6, 6.07) is 11.6. The molecule has 0 aliphatic heterocycles. The number of halogens is 2. The molecular weight excluding hydrogens is 311 g/mol. The first-order valence-corrected chi connectivity index (χ1v) is 6.99. The van der Waals surface area contributed by atoms with Gasteiger partial charge in [0.25, 0.3) is 5.91 Å². The molecule has 0 unspecified atom stereocenters. The Morgan fingerprint density at radius 3 is 2.48 bits per heavy atom. The topological polar surface area (TPSA) is 75.4 Å². The fraction of sp³-hybridized carbons (Fsp3) is 0.133. The lowest BCUT2D eigenvalue weighted by Crippen LogP contribution is -2.30. The molecule has 6 heteroatoms. The van der Waals surface area contributed by atoms with Gasteiger partial charge in [-0.1, -0.05) is 53.5 Å². The predicted molar refractivity (Wildman–Crippen MR) is 84.6 cm³/mol. The predicted octanol–water partition coefficient (Wildman–Crippen LogP) is 3.04. The van der Waals surface area contributed by atoms with E-state index in [1.165, 1.54) is 12.1 Å². The van der Waals surface area contributed by atoms with Crippen LogP contribution in [0.2, 0.25) is 10.0 Å². The number of amides is 1. The number of benzene rings is 2. The third-order valence-electron chi connectivity index (χ3n) is 3.01. The van der Waals surface area contributed by atoms with Gasteiger partial charge in [-0.3, -0.25) is 4.79 Å². The maximum absolute atomic E-state index is 12.2. The van der Waals surface area contributed by atoms with Crippen LogP contribution in [0.15, 0.2) is 42.5 Å². The summed E-state index contributed by atoms with van der Waals surface area (Å²) in [7, 11) is 0. The van der Waals surface area contributed by atoms with E-state index >= 15 is 0 Å². The molecule has 0 aliphatic carbocycles. The Morgan fingerprint density at radius 1 is 1.24 bits per heavy atom. The number of nitrogens with two attached hydrogens (primary N) is 1. The zero-order valence-corrected chi connectivity index (χ0v) is 12.5. The number of aliphatic hydroxyl groups is 1. The van der Waals surface area contributed by atoms with Gasteiger partial charge in [-0.2, -0.15) is 0 Å². The molecular formula is C15H14Cl2N2O2. The summed E-state index contributed by atoms with van der Waals surface area (Å²) in [5, 5.41) is 12.6. The summed E-state index contributed by atoms with van der Waals surface area (Å²) in [6.07, 6.45) is 0. The first kappa shape index (κ1) is 15.6. The smallest absolute Gasteiger partial charge is 0.251 e. The Hall–Kier alpha value is -1.75. The number of aliphatic hydroxyl groups excluding tert-OH is 1. The van der Waals surface area contributed by atoms with Gasteiger partial charge >= 0.3 is 0 Å². The molecule has 21 heavy (non-hydrogen) atoms. The van der Waals surface area contributed by atoms with Crippen molar-refractivity contribution in [2.24, 2.45) is 0 Å². The van der Waals surface area contributed by atoms with Gasteiger partial charge in [-0.15, -0.1) is 0 Å². The summed E-state index contributed by atoms with van der Waals surface area (Å²) in [6.45, 7) is -0.216. The van der Waals surface area contributed by atoms with Gasteiger partial charge in [0.2, 0.25) is 0 Å². The maximum Gasteiger partial charge on any atom is 0.251 e. The Kier molecular flexibility index (Phi) is 5.07. The molecule has 1 amide bonds. The van der Waals surface area contributed by atoms with Crippen LogP contribution in [0.5, 0.6) is 0 Å². The molecule has 0 aromatic heterocycles. The van der Waals surface area contributed by atoms with Crippen LogP contribution in [0.25, 0.3) is 0 Å². The van der Waals surface area contributed by atoms with E-state index in [2.05, 4.69) is 5.32 Å². The van der Waals surface area contributed by atoms with Crippen molar-refractivity contribution in [1.29, 1.82) is 0 Å². The summed E-state index contributed by atoms with van der Waals surface area (Å²) >= 11 is 11.8. The third-order valence-corrected chi connectivity index (χ3v) is 3.83. The molecule has 0 spiro atoms. The van der Waals surface area contributed by atoms with E-state index in [9.17, 15) is 9.90 Å². The molecule has 0 aliphatic rings. The highest BCUT2D eigenvalue weighted by Gasteiger charge is 2.16. The van der Waals surface area contributed by atoms with Crippen molar-refractivity contribution in [3.63, 3.8) is 0 Å². The monoisotopic (exact) mass is 324 g/mol. The van der Waals surface area contributed by atoms with E-state index < -0.39 is 6.04 Å². The second-order valence-corrected chi connectivity index (χ2v) is 5.27. The molecule has 1 atom stereocenters. The molecule has 0 saturated heterocycles. The molecule has 0 bridgehead atoms. The first-order valence-electron chi connectivity index (χ1n) is 6.24. The lowest BCUT2D eigenvalue weighted by atomic mass is 10.1. The largest absolute Gasteiger partial charge is 0.397 e. The zero-order chi connectivity index (χ0) is 15.4. The van der Waals surface area contributed by atoms with E-state index in [0.717, 1.165) is 5.56 Å². The van der Waals surface area contributed by atoms with E-state index in [1.807, 2.05) is 30.3 Å². The van der Waals surface area contributed by atoms with Gasteiger partial charge in [0.15, 0.2) is 0 Å². The van der Waals surface area contributed by atoms with Gasteiger partial charge in [0, 0.05) is 5.56 Å². The van der Waals surface area contributed by atoms with E-state index in [-0.39, 0.29) is 33.8 Å². The minimum Gasteiger partial charge on any atom is -0.397 e. The highest BCUT2D eigenvalue weighted by Crippen LogP contribution is 2.29. The van der Waals surface area contributed by atoms with Crippen LogP contribution in [0.3, 0.4) is 0 Å². The van der Waals surface area contributed by atoms with E-state index in [0.29, 0.717) is 0 Å². The van der Waals surface area contributed by atoms with Gasteiger partial charge < -0.3 is 16.2 Å². The van der Waals surface area contributed by atoms with Crippen LogP contribution in [0.1, 0.15) is 22.0 Å². The highest BCUT2D eigenvalue weighted by molar-refractivity contribution is 6.43. The number of hydrogen-bond donors (Lipinski definition) is 3. The second kappa shape index (κ2) is 6.80. The maximum atomic E-state index is 12.2. The normalized spacial score (nSPS) is 12.0. The quantitative estimate of drug-likeness (QED) is 0.756. The Bertz CT molecular complexity index is 624. The Labute approximate surface area is 132 Å². The lowest BCUT2D eigenvalue weighted by molar-refractivity contribution is 0.0916. The molecule has 2 aromatic rings. The van der Waals surface area contributed by atoms with Crippen molar-refractivity contribution in [2.75, 3.05) is 12.3 Å². The molecule has 0 radical (unpaired) electrons. The lowest BCUT2D eigenvalue weighted by Gasteiger charge is -2.17. The molecule has 110 valence electrons. The number of rotatable bonds is 4. The van der Waals surface area contributed by atoms with Gasteiger partial charge in [0.05, 0.1) is 28.4 Å². The Balaban J connectivity index is 2.21. The number of nitrogen functional groups attached to an aromatic ring is 1. The summed E-state index contributed by atoms with van der Waals surface area (Å²) < 4.78 is 0. The molecule has 0 fully saturated rings. The van der Waals surface area contributed by atoms with Crippen molar-refractivity contribution in [3.05, 3.63) is 63.6 Å². The van der Waals surface area contributed by atoms with Crippen LogP contribution >= 0.6 is 23.2 Å². The van der Waals surface area contributed by atoms with Crippen molar-refractivity contribution in [1.82, 2.24) is 5.32 Å². The van der Waals surface area contributed by atoms with Crippen LogP contribution in [-0.4, -0.2) is 17.6 Å². The van der Waals surface area contributed by atoms with Crippen LogP contribution < -0.4 is 11.1 Å². The van der Waals surface area contributed by atoms with Crippen molar-refractivity contribution in [3.8, 4) is 0 Å². The van der Waals surface area contributed by atoms with Crippen LogP contribution in [0, 0.1) is 0 Å². The SMILES string of the molecule is Nc1cc(C(=O)N[C@H](CO)c2ccccc2)cc(Cl)c1Cl. The van der Waals surface area contributed by atoms with Crippen LogP contribution in [0.4, 0.5) is 5.69 Å². The number of carbonyl (C=O) groups is 1. The average Bonchev–Trinajstić information content (AvgIpc) is 2.50. The summed E-state index contributed by atoms with van der Waals surface area (Å²) in [5.74, 6) is -0.386. The molecule has 4 N–H and O–H groups in total. The molecule has 0 saturated carbocycles. The summed E-state index contributed by atoms with van der Waals surface area (Å²) in [4.78, 5) is 12.2. The minimum absolute atomic E-state index is 0.210. The molecule has 2 aromatic carbocycles. The molecule has 0 heterocycles. The molecule has 2 rings (SSSR count). The third kappa shape index (κ3) is 3.67. The van der Waals surface area contributed by atoms with Crippen molar-refractivity contribution in [2.45, 2.75) is 6.04 Å². The highest BCUT2D eigenvalue weighted by atomic mass is 35.5. The van der Waals surface area contributed by atoms with Crippen LogP contribution in [-0.2, 0) is 0 Å².